The summed E-state index contributed by atoms with van der Waals surface area (Å²) in [6.45, 7) is 8.32. The van der Waals surface area contributed by atoms with Crippen molar-refractivity contribution in [2.45, 2.75) is 46.6 Å². The Kier molecular flexibility index (Phi) is 5.45. The first-order valence-corrected chi connectivity index (χ1v) is 9.22. The molecule has 0 saturated heterocycles. The van der Waals surface area contributed by atoms with Crippen LogP contribution < -0.4 is 5.63 Å². The molecule has 3 rings (SSSR count). The standard InChI is InChI=1S/C23H24O4/c1-5-16-6-8-17(9-7-16)23(25)26-13-18-11-22(24)27-21-10-15(4)19(14(2)3)12-20(18)21/h6-12,14H,5,13H2,1-4H3. The molecule has 4 nitrogen and oxygen atoms in total. The summed E-state index contributed by atoms with van der Waals surface area (Å²) in [4.78, 5) is 24.3. The monoisotopic (exact) mass is 364 g/mol. The van der Waals surface area contributed by atoms with Crippen LogP contribution in [0.15, 0.2) is 51.7 Å². The number of hydrogen-bond acceptors (Lipinski definition) is 4. The second-order valence-corrected chi connectivity index (χ2v) is 7.08. The Labute approximate surface area is 158 Å². The summed E-state index contributed by atoms with van der Waals surface area (Å²) in [7, 11) is 0. The minimum Gasteiger partial charge on any atom is -0.457 e. The lowest BCUT2D eigenvalue weighted by Gasteiger charge is -2.13. The molecule has 1 heterocycles. The van der Waals surface area contributed by atoms with Crippen molar-refractivity contribution in [1.82, 2.24) is 0 Å². The normalized spacial score (nSPS) is 11.1. The smallest absolute Gasteiger partial charge is 0.338 e. The van der Waals surface area contributed by atoms with Gasteiger partial charge >= 0.3 is 11.6 Å². The Balaban J connectivity index is 1.90. The first-order valence-electron chi connectivity index (χ1n) is 9.22. The van der Waals surface area contributed by atoms with Crippen molar-refractivity contribution in [3.8, 4) is 0 Å². The van der Waals surface area contributed by atoms with Gasteiger partial charge < -0.3 is 9.15 Å². The summed E-state index contributed by atoms with van der Waals surface area (Å²) in [5.74, 6) is -0.0657. The van der Waals surface area contributed by atoms with Crippen molar-refractivity contribution in [2.75, 3.05) is 0 Å². The Morgan fingerprint density at radius 3 is 2.44 bits per heavy atom. The highest BCUT2D eigenvalue weighted by Gasteiger charge is 2.13. The lowest BCUT2D eigenvalue weighted by Crippen LogP contribution is -2.08. The number of carbonyl (C=O) groups excluding carboxylic acids is 1. The van der Waals surface area contributed by atoms with E-state index in [4.69, 9.17) is 9.15 Å². The largest absolute Gasteiger partial charge is 0.457 e. The van der Waals surface area contributed by atoms with Crippen LogP contribution in [-0.4, -0.2) is 5.97 Å². The van der Waals surface area contributed by atoms with E-state index in [1.54, 1.807) is 12.1 Å². The molecule has 27 heavy (non-hydrogen) atoms. The van der Waals surface area contributed by atoms with E-state index in [1.165, 1.54) is 11.6 Å². The summed E-state index contributed by atoms with van der Waals surface area (Å²) in [6, 6.07) is 12.7. The predicted molar refractivity (Wildman–Crippen MR) is 106 cm³/mol. The minimum absolute atomic E-state index is 0.0249. The van der Waals surface area contributed by atoms with Crippen LogP contribution in [0.3, 0.4) is 0 Å². The van der Waals surface area contributed by atoms with Crippen LogP contribution in [0.5, 0.6) is 0 Å². The van der Waals surface area contributed by atoms with E-state index >= 15 is 0 Å². The molecule has 0 aliphatic heterocycles. The summed E-state index contributed by atoms with van der Waals surface area (Å²) in [6.07, 6.45) is 0.915. The van der Waals surface area contributed by atoms with E-state index in [0.29, 0.717) is 22.6 Å². The first-order chi connectivity index (χ1) is 12.9. The summed E-state index contributed by atoms with van der Waals surface area (Å²) in [5.41, 5.74) is 4.64. The second-order valence-electron chi connectivity index (χ2n) is 7.08. The van der Waals surface area contributed by atoms with Crippen LogP contribution in [-0.2, 0) is 17.8 Å². The van der Waals surface area contributed by atoms with Gasteiger partial charge in [-0.15, -0.1) is 0 Å². The Morgan fingerprint density at radius 1 is 1.11 bits per heavy atom. The van der Waals surface area contributed by atoms with Gasteiger partial charge in [0.25, 0.3) is 0 Å². The highest BCUT2D eigenvalue weighted by molar-refractivity contribution is 5.89. The van der Waals surface area contributed by atoms with E-state index in [9.17, 15) is 9.59 Å². The fourth-order valence-corrected chi connectivity index (χ4v) is 3.24. The maximum atomic E-state index is 12.3. The molecule has 0 fully saturated rings. The van der Waals surface area contributed by atoms with Crippen molar-refractivity contribution in [3.05, 3.63) is 80.7 Å². The predicted octanol–water partition coefficient (Wildman–Crippen LogP) is 5.14. The number of hydrogen-bond donors (Lipinski definition) is 0. The van der Waals surface area contributed by atoms with Gasteiger partial charge in [0.15, 0.2) is 0 Å². The second kappa shape index (κ2) is 7.78. The zero-order valence-electron chi connectivity index (χ0n) is 16.2. The van der Waals surface area contributed by atoms with Crippen molar-refractivity contribution < 1.29 is 13.9 Å². The highest BCUT2D eigenvalue weighted by atomic mass is 16.5. The molecular weight excluding hydrogens is 340 g/mol. The molecule has 140 valence electrons. The molecule has 3 aromatic rings. The van der Waals surface area contributed by atoms with Gasteiger partial charge in [-0.2, -0.15) is 0 Å². The minimum atomic E-state index is -0.447. The number of aryl methyl sites for hydroxylation is 2. The van der Waals surface area contributed by atoms with Gasteiger partial charge in [-0.3, -0.25) is 0 Å². The number of esters is 1. The molecule has 0 N–H and O–H groups in total. The van der Waals surface area contributed by atoms with Gasteiger partial charge in [-0.05, 0) is 60.2 Å². The number of ether oxygens (including phenoxy) is 1. The van der Waals surface area contributed by atoms with Gasteiger partial charge in [0.1, 0.15) is 12.2 Å². The van der Waals surface area contributed by atoms with Crippen LogP contribution >= 0.6 is 0 Å². The van der Waals surface area contributed by atoms with E-state index in [-0.39, 0.29) is 6.61 Å². The molecule has 0 amide bonds. The van der Waals surface area contributed by atoms with E-state index in [2.05, 4.69) is 20.8 Å². The maximum Gasteiger partial charge on any atom is 0.338 e. The van der Waals surface area contributed by atoms with Gasteiger partial charge in [-0.25, -0.2) is 9.59 Å². The third kappa shape index (κ3) is 4.11. The molecule has 0 radical (unpaired) electrons. The molecule has 0 atom stereocenters. The Bertz CT molecular complexity index is 1030. The average molecular weight is 364 g/mol. The van der Waals surface area contributed by atoms with E-state index in [1.807, 2.05) is 31.2 Å². The van der Waals surface area contributed by atoms with Crippen molar-refractivity contribution >= 4 is 16.9 Å². The fourth-order valence-electron chi connectivity index (χ4n) is 3.24. The fraction of sp³-hybridized carbons (Fsp3) is 0.304. The molecule has 0 unspecified atom stereocenters. The SMILES string of the molecule is CCc1ccc(C(=O)OCc2cc(=O)oc3cc(C)c(C(C)C)cc23)cc1. The lowest BCUT2D eigenvalue weighted by molar-refractivity contribution is 0.0474. The molecule has 1 aromatic heterocycles. The molecule has 0 saturated carbocycles. The average Bonchev–Trinajstić information content (AvgIpc) is 2.65. The van der Waals surface area contributed by atoms with Crippen molar-refractivity contribution in [2.24, 2.45) is 0 Å². The first kappa shape index (κ1) is 18.9. The van der Waals surface area contributed by atoms with E-state index in [0.717, 1.165) is 22.9 Å². The topological polar surface area (TPSA) is 56.5 Å². The van der Waals surface area contributed by atoms with Crippen LogP contribution in [0.25, 0.3) is 11.0 Å². The van der Waals surface area contributed by atoms with Gasteiger partial charge in [0.2, 0.25) is 0 Å². The summed E-state index contributed by atoms with van der Waals surface area (Å²) in [5, 5.41) is 0.804. The highest BCUT2D eigenvalue weighted by Crippen LogP contribution is 2.27. The summed E-state index contributed by atoms with van der Waals surface area (Å²) >= 11 is 0. The van der Waals surface area contributed by atoms with Crippen molar-refractivity contribution in [3.63, 3.8) is 0 Å². The molecule has 0 aliphatic rings. The molecule has 0 aliphatic carbocycles. The Morgan fingerprint density at radius 2 is 1.81 bits per heavy atom. The zero-order valence-corrected chi connectivity index (χ0v) is 16.2. The van der Waals surface area contributed by atoms with Crippen LogP contribution in [0.2, 0.25) is 0 Å². The van der Waals surface area contributed by atoms with Gasteiger partial charge in [0, 0.05) is 17.0 Å². The molecule has 2 aromatic carbocycles. The Hall–Kier alpha value is -2.88. The molecule has 0 spiro atoms. The van der Waals surface area contributed by atoms with Crippen LogP contribution in [0.4, 0.5) is 0 Å². The zero-order chi connectivity index (χ0) is 19.6. The van der Waals surface area contributed by atoms with Gasteiger partial charge in [0.05, 0.1) is 5.56 Å². The summed E-state index contributed by atoms with van der Waals surface area (Å²) < 4.78 is 10.8. The molecule has 4 heteroatoms. The van der Waals surface area contributed by atoms with Crippen molar-refractivity contribution in [1.29, 1.82) is 0 Å². The number of benzene rings is 2. The number of carbonyl (C=O) groups is 1. The number of fused-ring (bicyclic) bond motifs is 1. The van der Waals surface area contributed by atoms with E-state index < -0.39 is 11.6 Å². The lowest BCUT2D eigenvalue weighted by atomic mass is 9.95. The molecule has 0 bridgehead atoms. The molecular formula is C23H24O4. The van der Waals surface area contributed by atoms with Crippen LogP contribution in [0.1, 0.15) is 59.3 Å². The number of rotatable bonds is 5. The quantitative estimate of drug-likeness (QED) is 0.464. The van der Waals surface area contributed by atoms with Gasteiger partial charge in [-0.1, -0.05) is 32.9 Å². The third-order valence-electron chi connectivity index (χ3n) is 4.80. The van der Waals surface area contributed by atoms with Crippen LogP contribution in [0, 0.1) is 6.92 Å². The third-order valence-corrected chi connectivity index (χ3v) is 4.80. The maximum absolute atomic E-state index is 12.3.